The van der Waals surface area contributed by atoms with Crippen LogP contribution in [0.3, 0.4) is 0 Å². The van der Waals surface area contributed by atoms with E-state index in [1.807, 2.05) is 30.3 Å². The summed E-state index contributed by atoms with van der Waals surface area (Å²) >= 11 is 0. The fraction of sp³-hybridized carbons (Fsp3) is 0.409. The number of carbonyl (C=O) groups is 1. The molecule has 6 nitrogen and oxygen atoms in total. The molecule has 1 aliphatic heterocycles. The van der Waals surface area contributed by atoms with Gasteiger partial charge in [0.05, 0.1) is 24.0 Å². The Balaban J connectivity index is 1.63. The minimum Gasteiger partial charge on any atom is -0.379 e. The topological polar surface area (TPSA) is 75.7 Å². The lowest BCUT2D eigenvalue weighted by Gasteiger charge is -2.26. The number of nitrogens with zero attached hydrogens (tertiary/aromatic N) is 1. The first kappa shape index (κ1) is 21.5. The van der Waals surface area contributed by atoms with Gasteiger partial charge in [0.2, 0.25) is 15.9 Å². The minimum absolute atomic E-state index is 0.0111. The number of carbonyl (C=O) groups excluding carboxylic acids is 1. The van der Waals surface area contributed by atoms with E-state index in [0.717, 1.165) is 24.0 Å². The third-order valence-corrected chi connectivity index (χ3v) is 7.01. The Morgan fingerprint density at radius 1 is 1.07 bits per heavy atom. The smallest absolute Gasteiger partial charge is 0.243 e. The van der Waals surface area contributed by atoms with Crippen molar-refractivity contribution in [3.63, 3.8) is 0 Å². The highest BCUT2D eigenvalue weighted by molar-refractivity contribution is 7.89. The summed E-state index contributed by atoms with van der Waals surface area (Å²) in [6, 6.07) is 16.5. The van der Waals surface area contributed by atoms with Crippen LogP contribution in [0.5, 0.6) is 0 Å². The first-order chi connectivity index (χ1) is 14.0. The fourth-order valence-corrected chi connectivity index (χ4v) is 4.86. The second kappa shape index (κ2) is 10.0. The molecule has 1 atom stereocenters. The van der Waals surface area contributed by atoms with Gasteiger partial charge in [0.15, 0.2) is 0 Å². The largest absolute Gasteiger partial charge is 0.379 e. The molecule has 1 fully saturated rings. The van der Waals surface area contributed by atoms with Crippen molar-refractivity contribution >= 4 is 15.9 Å². The summed E-state index contributed by atoms with van der Waals surface area (Å²) in [6.07, 6.45) is 1.70. The molecule has 0 spiro atoms. The van der Waals surface area contributed by atoms with Crippen LogP contribution in [0.1, 0.15) is 36.8 Å². The Labute approximate surface area is 172 Å². The molecule has 0 unspecified atom stereocenters. The van der Waals surface area contributed by atoms with Gasteiger partial charge >= 0.3 is 0 Å². The number of hydrogen-bond acceptors (Lipinski definition) is 4. The van der Waals surface area contributed by atoms with Gasteiger partial charge in [0, 0.05) is 19.6 Å². The third kappa shape index (κ3) is 5.44. The second-order valence-corrected chi connectivity index (χ2v) is 9.07. The highest BCUT2D eigenvalue weighted by Crippen LogP contribution is 2.22. The van der Waals surface area contributed by atoms with Crippen molar-refractivity contribution in [3.8, 4) is 0 Å². The van der Waals surface area contributed by atoms with Gasteiger partial charge in [-0.1, -0.05) is 55.8 Å². The zero-order valence-electron chi connectivity index (χ0n) is 16.7. The maximum absolute atomic E-state index is 12.7. The molecule has 1 N–H and O–H groups in total. The lowest BCUT2D eigenvalue weighted by atomic mass is 9.93. The monoisotopic (exact) mass is 416 g/mol. The number of rotatable bonds is 8. The second-order valence-electron chi connectivity index (χ2n) is 7.13. The molecule has 0 radical (unpaired) electrons. The van der Waals surface area contributed by atoms with Crippen molar-refractivity contribution in [1.82, 2.24) is 9.62 Å². The number of amides is 1. The standard InChI is InChI=1S/C22H28N2O4S/c1-2-6-21(19-7-4-3-5-8-19)22(25)23-17-18-9-11-20(12-10-18)29(26,27)24-13-15-28-16-14-24/h3-5,7-12,21H,2,6,13-17H2,1H3,(H,23,25)/t21-/m1/s1. The summed E-state index contributed by atoms with van der Waals surface area (Å²) in [4.78, 5) is 13.0. The number of nitrogens with one attached hydrogen (secondary N) is 1. The van der Waals surface area contributed by atoms with Crippen LogP contribution in [0.4, 0.5) is 0 Å². The Kier molecular flexibility index (Phi) is 7.41. The summed E-state index contributed by atoms with van der Waals surface area (Å²) in [5.41, 5.74) is 1.88. The van der Waals surface area contributed by atoms with Crippen molar-refractivity contribution in [2.45, 2.75) is 37.1 Å². The number of ether oxygens (including phenoxy) is 1. The van der Waals surface area contributed by atoms with E-state index in [0.29, 0.717) is 32.8 Å². The molecule has 1 amide bonds. The normalized spacial score (nSPS) is 16.3. The molecule has 0 aromatic heterocycles. The highest BCUT2D eigenvalue weighted by atomic mass is 32.2. The van der Waals surface area contributed by atoms with Crippen molar-refractivity contribution in [3.05, 3.63) is 65.7 Å². The predicted octanol–water partition coefficient (Wildman–Crippen LogP) is 2.91. The molecule has 1 aliphatic rings. The van der Waals surface area contributed by atoms with Crippen LogP contribution in [0, 0.1) is 0 Å². The van der Waals surface area contributed by atoms with Crippen LogP contribution >= 0.6 is 0 Å². The zero-order valence-corrected chi connectivity index (χ0v) is 17.5. The molecule has 29 heavy (non-hydrogen) atoms. The molecule has 2 aromatic carbocycles. The van der Waals surface area contributed by atoms with E-state index in [4.69, 9.17) is 4.74 Å². The zero-order chi connectivity index (χ0) is 20.7. The van der Waals surface area contributed by atoms with E-state index in [2.05, 4.69) is 12.2 Å². The first-order valence-electron chi connectivity index (χ1n) is 10.0. The number of sulfonamides is 1. The Hall–Kier alpha value is -2.22. The molecule has 0 aliphatic carbocycles. The van der Waals surface area contributed by atoms with E-state index in [9.17, 15) is 13.2 Å². The van der Waals surface area contributed by atoms with E-state index in [1.54, 1.807) is 24.3 Å². The van der Waals surface area contributed by atoms with E-state index in [-0.39, 0.29) is 16.7 Å². The Morgan fingerprint density at radius 2 is 1.72 bits per heavy atom. The van der Waals surface area contributed by atoms with Crippen molar-refractivity contribution in [1.29, 1.82) is 0 Å². The van der Waals surface area contributed by atoms with Gasteiger partial charge < -0.3 is 10.1 Å². The molecule has 0 bridgehead atoms. The maximum atomic E-state index is 12.7. The van der Waals surface area contributed by atoms with E-state index in [1.165, 1.54) is 4.31 Å². The molecule has 3 rings (SSSR count). The van der Waals surface area contributed by atoms with Crippen molar-refractivity contribution < 1.29 is 17.9 Å². The Morgan fingerprint density at radius 3 is 2.34 bits per heavy atom. The van der Waals surface area contributed by atoms with Crippen LogP contribution in [-0.4, -0.2) is 44.9 Å². The summed E-state index contributed by atoms with van der Waals surface area (Å²) < 4.78 is 32.0. The summed E-state index contributed by atoms with van der Waals surface area (Å²) in [6.45, 7) is 4.02. The molecule has 1 heterocycles. The maximum Gasteiger partial charge on any atom is 0.243 e. The quantitative estimate of drug-likeness (QED) is 0.718. The van der Waals surface area contributed by atoms with Gasteiger partial charge in [-0.25, -0.2) is 8.42 Å². The molecule has 2 aromatic rings. The number of benzene rings is 2. The average molecular weight is 417 g/mol. The van der Waals surface area contributed by atoms with Gasteiger partial charge in [-0.3, -0.25) is 4.79 Å². The lowest BCUT2D eigenvalue weighted by molar-refractivity contribution is -0.122. The summed E-state index contributed by atoms with van der Waals surface area (Å²) in [5, 5.41) is 2.99. The van der Waals surface area contributed by atoms with Crippen LogP contribution in [0.25, 0.3) is 0 Å². The van der Waals surface area contributed by atoms with Crippen LogP contribution in [0.15, 0.2) is 59.5 Å². The van der Waals surface area contributed by atoms with Gasteiger partial charge in [0.25, 0.3) is 0 Å². The third-order valence-electron chi connectivity index (χ3n) is 5.09. The Bertz CT molecular complexity index is 892. The average Bonchev–Trinajstić information content (AvgIpc) is 2.77. The molecular weight excluding hydrogens is 388 g/mol. The summed E-state index contributed by atoms with van der Waals surface area (Å²) in [7, 11) is -3.50. The van der Waals surface area contributed by atoms with Gasteiger partial charge in [-0.2, -0.15) is 4.31 Å². The molecule has 156 valence electrons. The number of morpholine rings is 1. The highest BCUT2D eigenvalue weighted by Gasteiger charge is 2.26. The molecule has 1 saturated heterocycles. The number of hydrogen-bond donors (Lipinski definition) is 1. The van der Waals surface area contributed by atoms with E-state index < -0.39 is 10.0 Å². The fourth-order valence-electron chi connectivity index (χ4n) is 3.45. The van der Waals surface area contributed by atoms with Crippen molar-refractivity contribution in [2.24, 2.45) is 0 Å². The molecule has 0 saturated carbocycles. The van der Waals surface area contributed by atoms with Crippen LogP contribution in [0.2, 0.25) is 0 Å². The lowest BCUT2D eigenvalue weighted by Crippen LogP contribution is -2.40. The van der Waals surface area contributed by atoms with Crippen LogP contribution in [-0.2, 0) is 26.1 Å². The van der Waals surface area contributed by atoms with E-state index >= 15 is 0 Å². The molecular formula is C22H28N2O4S. The minimum atomic E-state index is -3.50. The predicted molar refractivity (Wildman–Crippen MR) is 112 cm³/mol. The van der Waals surface area contributed by atoms with Gasteiger partial charge in [-0.05, 0) is 29.7 Å². The first-order valence-corrected chi connectivity index (χ1v) is 11.5. The van der Waals surface area contributed by atoms with Crippen molar-refractivity contribution in [2.75, 3.05) is 26.3 Å². The van der Waals surface area contributed by atoms with Crippen LogP contribution < -0.4 is 5.32 Å². The van der Waals surface area contributed by atoms with Gasteiger partial charge in [0.1, 0.15) is 0 Å². The molecule has 7 heteroatoms. The summed E-state index contributed by atoms with van der Waals surface area (Å²) in [5.74, 6) is -0.190. The SMILES string of the molecule is CCC[C@@H](C(=O)NCc1ccc(S(=O)(=O)N2CCOCC2)cc1)c1ccccc1. The van der Waals surface area contributed by atoms with Gasteiger partial charge in [-0.15, -0.1) is 0 Å².